The highest BCUT2D eigenvalue weighted by molar-refractivity contribution is 5.77. The summed E-state index contributed by atoms with van der Waals surface area (Å²) < 4.78 is 31.0. The van der Waals surface area contributed by atoms with E-state index in [0.717, 1.165) is 18.6 Å². The Bertz CT molecular complexity index is 504. The Morgan fingerprint density at radius 1 is 1.41 bits per heavy atom. The number of nitrogens with one attached hydrogen (secondary N) is 1. The second-order valence-corrected chi connectivity index (χ2v) is 6.07. The molecule has 0 radical (unpaired) electrons. The van der Waals surface area contributed by atoms with E-state index >= 15 is 0 Å². The summed E-state index contributed by atoms with van der Waals surface area (Å²) in [6.07, 6.45) is 1.42. The van der Waals surface area contributed by atoms with Crippen LogP contribution in [-0.2, 0) is 4.79 Å². The fraction of sp³-hybridized carbons (Fsp3) is 0.562. The zero-order valence-corrected chi connectivity index (χ0v) is 13.2. The number of ether oxygens (including phenoxy) is 1. The lowest BCUT2D eigenvalue weighted by Gasteiger charge is -2.24. The molecule has 1 atom stereocenters. The predicted octanol–water partition coefficient (Wildman–Crippen LogP) is 2.65. The third kappa shape index (κ3) is 6.85. The summed E-state index contributed by atoms with van der Waals surface area (Å²) in [6.45, 7) is 5.45. The Kier molecular flexibility index (Phi) is 6.74. The minimum Gasteiger partial charge on any atom is -0.481 e. The average Bonchev–Trinajstić information content (AvgIpc) is 2.42. The van der Waals surface area contributed by atoms with Crippen LogP contribution in [0.3, 0.4) is 0 Å². The minimum atomic E-state index is -0.999. The van der Waals surface area contributed by atoms with Crippen molar-refractivity contribution in [1.82, 2.24) is 5.32 Å². The molecule has 1 unspecified atom stereocenters. The number of aliphatic hydroxyl groups is 1. The van der Waals surface area contributed by atoms with Crippen molar-refractivity contribution in [3.8, 4) is 5.75 Å². The van der Waals surface area contributed by atoms with Crippen molar-refractivity contribution in [3.63, 3.8) is 0 Å². The lowest BCUT2D eigenvalue weighted by atomic mass is 9.95. The molecule has 1 rings (SSSR count). The van der Waals surface area contributed by atoms with Crippen molar-refractivity contribution in [3.05, 3.63) is 29.8 Å². The molecular weight excluding hydrogens is 292 g/mol. The fourth-order valence-electron chi connectivity index (χ4n) is 1.76. The van der Waals surface area contributed by atoms with Gasteiger partial charge in [-0.2, -0.15) is 0 Å². The van der Waals surface area contributed by atoms with Gasteiger partial charge in [-0.25, -0.2) is 8.78 Å². The van der Waals surface area contributed by atoms with Crippen molar-refractivity contribution in [2.45, 2.75) is 39.2 Å². The second kappa shape index (κ2) is 8.08. The summed E-state index contributed by atoms with van der Waals surface area (Å²) in [5.41, 5.74) is -0.999. The number of carbonyl (C=O) groups excluding carboxylic acids is 1. The quantitative estimate of drug-likeness (QED) is 0.775. The van der Waals surface area contributed by atoms with Crippen LogP contribution < -0.4 is 10.1 Å². The van der Waals surface area contributed by atoms with Crippen molar-refractivity contribution >= 4 is 5.91 Å². The number of hydrogen-bond acceptors (Lipinski definition) is 3. The lowest BCUT2D eigenvalue weighted by Crippen LogP contribution is -2.42. The normalized spacial score (nSPS) is 13.8. The standard InChI is InChI=1S/C16H23F2NO3/c1-11(2)6-7-16(3,21)10-19-15(20)9-22-14-5-4-12(17)8-13(14)18/h4-5,8,11,21H,6-7,9-10H2,1-3H3,(H,19,20). The molecule has 0 fully saturated rings. The molecule has 0 aromatic heterocycles. The first-order valence-corrected chi connectivity index (χ1v) is 7.26. The molecule has 6 heteroatoms. The highest BCUT2D eigenvalue weighted by atomic mass is 19.1. The predicted molar refractivity (Wildman–Crippen MR) is 79.6 cm³/mol. The van der Waals surface area contributed by atoms with E-state index in [1.807, 2.05) is 0 Å². The molecule has 0 aliphatic heterocycles. The van der Waals surface area contributed by atoms with Gasteiger partial charge in [0.15, 0.2) is 18.2 Å². The first kappa shape index (κ1) is 18.4. The van der Waals surface area contributed by atoms with Crippen LogP contribution in [0, 0.1) is 17.6 Å². The second-order valence-electron chi connectivity index (χ2n) is 6.07. The Hall–Kier alpha value is -1.69. The van der Waals surface area contributed by atoms with E-state index in [-0.39, 0.29) is 12.3 Å². The molecule has 22 heavy (non-hydrogen) atoms. The Morgan fingerprint density at radius 2 is 2.09 bits per heavy atom. The van der Waals surface area contributed by atoms with Crippen LogP contribution in [-0.4, -0.2) is 29.8 Å². The van der Waals surface area contributed by atoms with Crippen molar-refractivity contribution in [2.75, 3.05) is 13.2 Å². The smallest absolute Gasteiger partial charge is 0.258 e. The Morgan fingerprint density at radius 3 is 2.68 bits per heavy atom. The molecule has 0 saturated heterocycles. The van der Waals surface area contributed by atoms with Crippen LogP contribution >= 0.6 is 0 Å². The van der Waals surface area contributed by atoms with Crippen LogP contribution in [0.2, 0.25) is 0 Å². The first-order chi connectivity index (χ1) is 10.2. The number of halogens is 2. The van der Waals surface area contributed by atoms with Crippen LogP contribution in [0.1, 0.15) is 33.6 Å². The van der Waals surface area contributed by atoms with Crippen LogP contribution in [0.15, 0.2) is 18.2 Å². The zero-order chi connectivity index (χ0) is 16.8. The van der Waals surface area contributed by atoms with Gasteiger partial charge >= 0.3 is 0 Å². The molecule has 124 valence electrons. The summed E-state index contributed by atoms with van der Waals surface area (Å²) >= 11 is 0. The third-order valence-electron chi connectivity index (χ3n) is 3.18. The molecular formula is C16H23F2NO3. The molecule has 0 saturated carbocycles. The molecule has 2 N–H and O–H groups in total. The van der Waals surface area contributed by atoms with Crippen LogP contribution in [0.25, 0.3) is 0 Å². The van der Waals surface area contributed by atoms with Crippen molar-refractivity contribution in [2.24, 2.45) is 5.92 Å². The van der Waals surface area contributed by atoms with Gasteiger partial charge in [0.05, 0.1) is 5.60 Å². The number of rotatable bonds is 8. The van der Waals surface area contributed by atoms with Crippen LogP contribution in [0.5, 0.6) is 5.75 Å². The summed E-state index contributed by atoms with van der Waals surface area (Å²) in [6, 6.07) is 2.85. The van der Waals surface area contributed by atoms with E-state index < -0.39 is 29.7 Å². The van der Waals surface area contributed by atoms with Gasteiger partial charge in [-0.1, -0.05) is 13.8 Å². The molecule has 0 aliphatic carbocycles. The van der Waals surface area contributed by atoms with E-state index in [2.05, 4.69) is 19.2 Å². The first-order valence-electron chi connectivity index (χ1n) is 7.26. The highest BCUT2D eigenvalue weighted by Crippen LogP contribution is 2.17. The van der Waals surface area contributed by atoms with Crippen LogP contribution in [0.4, 0.5) is 8.78 Å². The van der Waals surface area contributed by atoms with E-state index in [9.17, 15) is 18.7 Å². The maximum Gasteiger partial charge on any atom is 0.258 e. The minimum absolute atomic E-state index is 0.0911. The van der Waals surface area contributed by atoms with Gasteiger partial charge in [0, 0.05) is 12.6 Å². The largest absolute Gasteiger partial charge is 0.481 e. The van der Waals surface area contributed by atoms with Gasteiger partial charge in [-0.05, 0) is 37.8 Å². The number of benzene rings is 1. The van der Waals surface area contributed by atoms with E-state index in [1.165, 1.54) is 0 Å². The molecule has 0 bridgehead atoms. The molecule has 0 heterocycles. The molecule has 4 nitrogen and oxygen atoms in total. The number of carbonyl (C=O) groups is 1. The monoisotopic (exact) mass is 315 g/mol. The van der Waals surface area contributed by atoms with Crippen molar-refractivity contribution in [1.29, 1.82) is 0 Å². The van der Waals surface area contributed by atoms with Gasteiger partial charge in [0.1, 0.15) is 5.82 Å². The summed E-state index contributed by atoms with van der Waals surface area (Å²) in [4.78, 5) is 11.6. The highest BCUT2D eigenvalue weighted by Gasteiger charge is 2.21. The molecule has 0 spiro atoms. The summed E-state index contributed by atoms with van der Waals surface area (Å²) in [5.74, 6) is -1.78. The average molecular weight is 315 g/mol. The maximum atomic E-state index is 13.3. The number of amides is 1. The van der Waals surface area contributed by atoms with Gasteiger partial charge in [-0.15, -0.1) is 0 Å². The van der Waals surface area contributed by atoms with Gasteiger partial charge in [-0.3, -0.25) is 4.79 Å². The summed E-state index contributed by atoms with van der Waals surface area (Å²) in [7, 11) is 0. The zero-order valence-electron chi connectivity index (χ0n) is 13.2. The third-order valence-corrected chi connectivity index (χ3v) is 3.18. The number of hydrogen-bond donors (Lipinski definition) is 2. The molecule has 0 aliphatic rings. The fourth-order valence-corrected chi connectivity index (χ4v) is 1.76. The Balaban J connectivity index is 2.37. The van der Waals surface area contributed by atoms with E-state index in [0.29, 0.717) is 18.4 Å². The van der Waals surface area contributed by atoms with Gasteiger partial charge in [0.2, 0.25) is 0 Å². The Labute approximate surface area is 129 Å². The lowest BCUT2D eigenvalue weighted by molar-refractivity contribution is -0.124. The van der Waals surface area contributed by atoms with E-state index in [1.54, 1.807) is 6.92 Å². The SMILES string of the molecule is CC(C)CCC(C)(O)CNC(=O)COc1ccc(F)cc1F. The maximum absolute atomic E-state index is 13.3. The molecule has 1 aromatic rings. The van der Waals surface area contributed by atoms with E-state index in [4.69, 9.17) is 4.74 Å². The molecule has 1 amide bonds. The van der Waals surface area contributed by atoms with Gasteiger partial charge in [0.25, 0.3) is 5.91 Å². The van der Waals surface area contributed by atoms with Gasteiger partial charge < -0.3 is 15.2 Å². The van der Waals surface area contributed by atoms with Crippen molar-refractivity contribution < 1.29 is 23.4 Å². The summed E-state index contributed by atoms with van der Waals surface area (Å²) in [5, 5.41) is 12.7. The molecule has 1 aromatic carbocycles. The topological polar surface area (TPSA) is 58.6 Å².